The van der Waals surface area contributed by atoms with Gasteiger partial charge in [-0.1, -0.05) is 41.6 Å². The number of anilines is 1. The molecule has 0 radical (unpaired) electrons. The predicted molar refractivity (Wildman–Crippen MR) is 121 cm³/mol. The Balaban J connectivity index is 2.11. The summed E-state index contributed by atoms with van der Waals surface area (Å²) in [6.45, 7) is 10.3. The summed E-state index contributed by atoms with van der Waals surface area (Å²) in [5, 5.41) is 13.2. The summed E-state index contributed by atoms with van der Waals surface area (Å²) in [6, 6.07) is 18.9. The van der Waals surface area contributed by atoms with Crippen LogP contribution in [-0.2, 0) is 0 Å². The fourth-order valence-electron chi connectivity index (χ4n) is 3.92. The maximum absolute atomic E-state index is 9.60. The molecule has 0 saturated heterocycles. The van der Waals surface area contributed by atoms with Crippen molar-refractivity contribution < 1.29 is 5.21 Å². The molecule has 0 amide bonds. The van der Waals surface area contributed by atoms with Crippen LogP contribution in [0.2, 0.25) is 0 Å². The van der Waals surface area contributed by atoms with Crippen LogP contribution in [-0.4, -0.2) is 29.0 Å². The zero-order valence-electron chi connectivity index (χ0n) is 17.6. The van der Waals surface area contributed by atoms with E-state index in [1.165, 1.54) is 11.3 Å². The fourth-order valence-corrected chi connectivity index (χ4v) is 3.92. The van der Waals surface area contributed by atoms with Crippen LogP contribution in [0.25, 0.3) is 11.1 Å². The first-order valence-electron chi connectivity index (χ1n) is 10.1. The molecule has 0 fully saturated rings. The van der Waals surface area contributed by atoms with Gasteiger partial charge in [0, 0.05) is 36.7 Å². The van der Waals surface area contributed by atoms with Gasteiger partial charge in [0.2, 0.25) is 0 Å². The Labute approximate surface area is 173 Å². The van der Waals surface area contributed by atoms with Gasteiger partial charge in [-0.3, -0.25) is 4.98 Å². The highest BCUT2D eigenvalue weighted by atomic mass is 16.4. The Morgan fingerprint density at radius 1 is 1.00 bits per heavy atom. The van der Waals surface area contributed by atoms with E-state index in [-0.39, 0.29) is 5.92 Å². The maximum Gasteiger partial charge on any atom is 0.0658 e. The molecule has 1 atom stereocenters. The summed E-state index contributed by atoms with van der Waals surface area (Å²) in [5.74, 6) is -0.137. The molecular weight excluding hydrogens is 358 g/mol. The third-order valence-corrected chi connectivity index (χ3v) is 5.55. The summed E-state index contributed by atoms with van der Waals surface area (Å²) in [4.78, 5) is 6.71. The molecule has 29 heavy (non-hydrogen) atoms. The molecule has 0 aliphatic carbocycles. The number of pyridine rings is 1. The van der Waals surface area contributed by atoms with Gasteiger partial charge in [-0.25, -0.2) is 0 Å². The highest BCUT2D eigenvalue weighted by Gasteiger charge is 2.23. The van der Waals surface area contributed by atoms with Crippen LogP contribution in [0.4, 0.5) is 5.69 Å². The second-order valence-corrected chi connectivity index (χ2v) is 7.21. The van der Waals surface area contributed by atoms with E-state index in [9.17, 15) is 5.21 Å². The van der Waals surface area contributed by atoms with E-state index in [0.717, 1.165) is 35.3 Å². The molecule has 0 spiro atoms. The van der Waals surface area contributed by atoms with Crippen molar-refractivity contribution in [3.05, 3.63) is 83.7 Å². The smallest absolute Gasteiger partial charge is 0.0658 e. The van der Waals surface area contributed by atoms with E-state index in [4.69, 9.17) is 0 Å². The molecule has 1 unspecified atom stereocenters. The van der Waals surface area contributed by atoms with E-state index in [2.05, 4.69) is 72.2 Å². The van der Waals surface area contributed by atoms with E-state index in [0.29, 0.717) is 5.71 Å². The van der Waals surface area contributed by atoms with E-state index in [1.807, 2.05) is 31.3 Å². The Kier molecular flexibility index (Phi) is 6.65. The molecule has 1 N–H and O–H groups in total. The van der Waals surface area contributed by atoms with E-state index >= 15 is 0 Å². The van der Waals surface area contributed by atoms with Gasteiger partial charge in [-0.05, 0) is 68.1 Å². The van der Waals surface area contributed by atoms with Gasteiger partial charge < -0.3 is 10.1 Å². The van der Waals surface area contributed by atoms with Crippen molar-refractivity contribution in [3.63, 3.8) is 0 Å². The third-order valence-electron chi connectivity index (χ3n) is 5.55. The normalized spacial score (nSPS) is 12.6. The summed E-state index contributed by atoms with van der Waals surface area (Å²) >= 11 is 0. The summed E-state index contributed by atoms with van der Waals surface area (Å²) in [6.07, 6.45) is 3.71. The molecule has 3 aromatic rings. The van der Waals surface area contributed by atoms with Crippen LogP contribution in [0.3, 0.4) is 0 Å². The van der Waals surface area contributed by atoms with Gasteiger partial charge in [-0.15, -0.1) is 0 Å². The molecule has 1 aromatic heterocycles. The number of oxime groups is 1. The summed E-state index contributed by atoms with van der Waals surface area (Å²) in [5.41, 5.74) is 7.41. The van der Waals surface area contributed by atoms with Crippen molar-refractivity contribution in [2.45, 2.75) is 33.6 Å². The highest BCUT2D eigenvalue weighted by Crippen LogP contribution is 2.35. The van der Waals surface area contributed by atoms with Gasteiger partial charge in [0.25, 0.3) is 0 Å². The molecule has 4 nitrogen and oxygen atoms in total. The zero-order valence-corrected chi connectivity index (χ0v) is 17.6. The van der Waals surface area contributed by atoms with E-state index in [1.54, 1.807) is 6.20 Å². The quantitative estimate of drug-likeness (QED) is 0.313. The first-order chi connectivity index (χ1) is 14.1. The Morgan fingerprint density at radius 3 is 2.31 bits per heavy atom. The van der Waals surface area contributed by atoms with Crippen LogP contribution in [0.5, 0.6) is 0 Å². The average Bonchev–Trinajstić information content (AvgIpc) is 2.77. The van der Waals surface area contributed by atoms with Crippen molar-refractivity contribution in [2.24, 2.45) is 5.16 Å². The second kappa shape index (κ2) is 9.37. The van der Waals surface area contributed by atoms with Gasteiger partial charge in [-0.2, -0.15) is 0 Å². The molecule has 0 aliphatic rings. The van der Waals surface area contributed by atoms with E-state index < -0.39 is 0 Å². The Morgan fingerprint density at radius 2 is 1.69 bits per heavy atom. The Bertz CT molecular complexity index is 975. The van der Waals surface area contributed by atoms with Gasteiger partial charge in [0.05, 0.1) is 11.6 Å². The van der Waals surface area contributed by atoms with Crippen LogP contribution >= 0.6 is 0 Å². The van der Waals surface area contributed by atoms with Gasteiger partial charge in [0.15, 0.2) is 0 Å². The van der Waals surface area contributed by atoms with Crippen molar-refractivity contribution >= 4 is 11.4 Å². The minimum atomic E-state index is -0.137. The number of aromatic nitrogens is 1. The SMILES string of the molecule is CCN(CC)c1ccc(-c2cnccc2C(C(C)=NO)c2ccccc2C)cc1. The maximum atomic E-state index is 9.60. The largest absolute Gasteiger partial charge is 0.411 e. The molecule has 3 rings (SSSR count). The first-order valence-corrected chi connectivity index (χ1v) is 10.1. The molecule has 1 heterocycles. The lowest BCUT2D eigenvalue weighted by molar-refractivity contribution is 0.317. The molecule has 0 saturated carbocycles. The lowest BCUT2D eigenvalue weighted by Crippen LogP contribution is -2.21. The number of hydrogen-bond donors (Lipinski definition) is 1. The summed E-state index contributed by atoms with van der Waals surface area (Å²) < 4.78 is 0. The number of rotatable bonds is 7. The van der Waals surface area contributed by atoms with Crippen LogP contribution < -0.4 is 4.90 Å². The topological polar surface area (TPSA) is 48.7 Å². The van der Waals surface area contributed by atoms with Gasteiger partial charge in [0.1, 0.15) is 0 Å². The highest BCUT2D eigenvalue weighted by molar-refractivity contribution is 5.93. The van der Waals surface area contributed by atoms with Crippen molar-refractivity contribution in [2.75, 3.05) is 18.0 Å². The lowest BCUT2D eigenvalue weighted by atomic mass is 9.82. The lowest BCUT2D eigenvalue weighted by Gasteiger charge is -2.23. The number of aryl methyl sites for hydroxylation is 1. The minimum Gasteiger partial charge on any atom is -0.411 e. The van der Waals surface area contributed by atoms with Crippen LogP contribution in [0, 0.1) is 6.92 Å². The third kappa shape index (κ3) is 4.32. The molecular formula is C25H29N3O. The minimum absolute atomic E-state index is 0.137. The molecule has 150 valence electrons. The Hall–Kier alpha value is -3.14. The fraction of sp³-hybridized carbons (Fsp3) is 0.280. The van der Waals surface area contributed by atoms with Crippen molar-refractivity contribution in [3.8, 4) is 11.1 Å². The molecule has 4 heteroatoms. The standard InChI is InChI=1S/C25H29N3O/c1-5-28(6-2)21-13-11-20(12-14-21)24-17-26-16-15-23(24)25(19(4)27-29)22-10-8-7-9-18(22)3/h7-17,25,29H,5-6H2,1-4H3. The average molecular weight is 388 g/mol. The van der Waals surface area contributed by atoms with Crippen molar-refractivity contribution in [1.82, 2.24) is 4.98 Å². The molecule has 0 bridgehead atoms. The number of benzene rings is 2. The van der Waals surface area contributed by atoms with Crippen molar-refractivity contribution in [1.29, 1.82) is 0 Å². The first kappa shape index (κ1) is 20.6. The monoisotopic (exact) mass is 387 g/mol. The molecule has 0 aliphatic heterocycles. The van der Waals surface area contributed by atoms with Crippen LogP contribution in [0.1, 0.15) is 43.4 Å². The summed E-state index contributed by atoms with van der Waals surface area (Å²) in [7, 11) is 0. The molecule has 2 aromatic carbocycles. The number of hydrogen-bond acceptors (Lipinski definition) is 4. The zero-order chi connectivity index (χ0) is 20.8. The second-order valence-electron chi connectivity index (χ2n) is 7.21. The van der Waals surface area contributed by atoms with Crippen LogP contribution in [0.15, 0.2) is 72.1 Å². The number of nitrogens with zero attached hydrogens (tertiary/aromatic N) is 3. The van der Waals surface area contributed by atoms with Gasteiger partial charge >= 0.3 is 0 Å². The predicted octanol–water partition coefficient (Wildman–Crippen LogP) is 5.89.